The third-order valence-corrected chi connectivity index (χ3v) is 5.23. The summed E-state index contributed by atoms with van der Waals surface area (Å²) in [6.07, 6.45) is 3.60. The first-order valence-electron chi connectivity index (χ1n) is 10.2. The van der Waals surface area contributed by atoms with Crippen molar-refractivity contribution in [2.24, 2.45) is 0 Å². The monoisotopic (exact) mass is 381 g/mol. The molecule has 1 amide bonds. The van der Waals surface area contributed by atoms with E-state index in [1.165, 1.54) is 0 Å². The van der Waals surface area contributed by atoms with Gasteiger partial charge in [-0.2, -0.15) is 0 Å². The first kappa shape index (κ1) is 20.2. The summed E-state index contributed by atoms with van der Waals surface area (Å²) in [5.41, 5.74) is 2.07. The molecule has 5 heteroatoms. The number of ether oxygens (including phenoxy) is 1. The zero-order valence-corrected chi connectivity index (χ0v) is 17.3. The summed E-state index contributed by atoms with van der Waals surface area (Å²) in [4.78, 5) is 21.5. The third kappa shape index (κ3) is 4.64. The highest BCUT2D eigenvalue weighted by molar-refractivity contribution is 5.68. The highest BCUT2D eigenvalue weighted by Gasteiger charge is 2.31. The Hall–Kier alpha value is -2.56. The van der Waals surface area contributed by atoms with Gasteiger partial charge in [0.25, 0.3) is 0 Å². The Morgan fingerprint density at radius 2 is 1.86 bits per heavy atom. The predicted octanol–water partition coefficient (Wildman–Crippen LogP) is 5.18. The summed E-state index contributed by atoms with van der Waals surface area (Å²) >= 11 is 0. The molecule has 1 atom stereocenters. The zero-order chi connectivity index (χ0) is 20.1. The van der Waals surface area contributed by atoms with Crippen LogP contribution >= 0.6 is 0 Å². The smallest absolute Gasteiger partial charge is 0.410 e. The van der Waals surface area contributed by atoms with E-state index in [-0.39, 0.29) is 12.1 Å². The second-order valence-electron chi connectivity index (χ2n) is 7.94. The van der Waals surface area contributed by atoms with Crippen molar-refractivity contribution in [1.29, 1.82) is 0 Å². The molecule has 0 unspecified atom stereocenters. The minimum absolute atomic E-state index is 0.0383. The van der Waals surface area contributed by atoms with E-state index in [4.69, 9.17) is 9.72 Å². The first-order chi connectivity index (χ1) is 13.5. The van der Waals surface area contributed by atoms with Gasteiger partial charge in [-0.3, -0.25) is 0 Å². The highest BCUT2D eigenvalue weighted by Crippen LogP contribution is 2.33. The van der Waals surface area contributed by atoms with Crippen molar-refractivity contribution >= 4 is 11.9 Å². The molecule has 28 heavy (non-hydrogen) atoms. The molecule has 3 rings (SSSR count). The molecule has 0 N–H and O–H groups in total. The third-order valence-electron chi connectivity index (χ3n) is 5.23. The van der Waals surface area contributed by atoms with Crippen LogP contribution in [0.4, 0.5) is 10.6 Å². The Balaban J connectivity index is 1.67. The molecule has 2 heterocycles. The fourth-order valence-electron chi connectivity index (χ4n) is 4.01. The van der Waals surface area contributed by atoms with E-state index in [0.29, 0.717) is 18.7 Å². The molecule has 1 aliphatic rings. The average molecular weight is 382 g/mol. The van der Waals surface area contributed by atoms with Gasteiger partial charge in [-0.15, -0.1) is 0 Å². The molecule has 1 fully saturated rings. The van der Waals surface area contributed by atoms with E-state index in [1.54, 1.807) is 0 Å². The lowest BCUT2D eigenvalue weighted by atomic mass is 10.1. The summed E-state index contributed by atoms with van der Waals surface area (Å²) in [5, 5.41) is 0. The second-order valence-corrected chi connectivity index (χ2v) is 7.94. The molecule has 2 aromatic rings. The number of carbonyl (C=O) groups excluding carboxylic acids is 1. The van der Waals surface area contributed by atoms with E-state index in [1.807, 2.05) is 41.4 Å². The van der Waals surface area contributed by atoms with Crippen LogP contribution in [0.2, 0.25) is 0 Å². The fraction of sp³-hybridized carbons (Fsp3) is 0.478. The van der Waals surface area contributed by atoms with Gasteiger partial charge in [0.15, 0.2) is 0 Å². The van der Waals surface area contributed by atoms with Gasteiger partial charge in [0, 0.05) is 24.8 Å². The zero-order valence-electron chi connectivity index (χ0n) is 17.3. The number of anilines is 1. The second kappa shape index (κ2) is 9.09. The summed E-state index contributed by atoms with van der Waals surface area (Å²) in [7, 11) is 0. The summed E-state index contributed by atoms with van der Waals surface area (Å²) in [6.45, 7) is 9.74. The van der Waals surface area contributed by atoms with Gasteiger partial charge in [0.05, 0.1) is 6.04 Å². The van der Waals surface area contributed by atoms with Crippen molar-refractivity contribution in [2.75, 3.05) is 11.4 Å². The molecular formula is C23H31N3O2. The Bertz CT molecular complexity index is 751. The van der Waals surface area contributed by atoms with Crippen molar-refractivity contribution in [1.82, 2.24) is 9.88 Å². The molecule has 1 aromatic carbocycles. The van der Waals surface area contributed by atoms with Crippen LogP contribution in [-0.2, 0) is 11.3 Å². The Labute approximate surface area is 168 Å². The fourth-order valence-corrected chi connectivity index (χ4v) is 4.01. The summed E-state index contributed by atoms with van der Waals surface area (Å²) in [5.74, 6) is 0.977. The van der Waals surface area contributed by atoms with Crippen LogP contribution in [0.5, 0.6) is 0 Å². The number of nitrogens with zero attached hydrogens (tertiary/aromatic N) is 3. The largest absolute Gasteiger partial charge is 0.445 e. The molecule has 0 aliphatic carbocycles. The number of benzene rings is 1. The minimum atomic E-state index is -0.249. The first-order valence-corrected chi connectivity index (χ1v) is 10.2. The highest BCUT2D eigenvalue weighted by atomic mass is 16.6. The number of pyridine rings is 1. The Morgan fingerprint density at radius 3 is 2.46 bits per heavy atom. The van der Waals surface area contributed by atoms with Gasteiger partial charge in [-0.1, -0.05) is 36.4 Å². The molecular weight excluding hydrogens is 350 g/mol. The number of likely N-dealkylation sites (tertiary alicyclic amines) is 1. The maximum atomic E-state index is 12.6. The number of rotatable bonds is 6. The van der Waals surface area contributed by atoms with E-state index < -0.39 is 0 Å². The molecule has 0 spiro atoms. The number of aromatic nitrogens is 1. The number of amides is 1. The lowest BCUT2D eigenvalue weighted by Gasteiger charge is -2.32. The van der Waals surface area contributed by atoms with Gasteiger partial charge in [-0.25, -0.2) is 9.78 Å². The molecule has 5 nitrogen and oxygen atoms in total. The number of hydrogen-bond acceptors (Lipinski definition) is 4. The van der Waals surface area contributed by atoms with Crippen molar-refractivity contribution in [3.8, 4) is 0 Å². The normalized spacial score (nSPS) is 16.6. The molecule has 0 radical (unpaired) electrons. The van der Waals surface area contributed by atoms with Crippen molar-refractivity contribution in [3.05, 3.63) is 59.8 Å². The van der Waals surface area contributed by atoms with E-state index in [2.05, 4.69) is 44.7 Å². The minimum Gasteiger partial charge on any atom is -0.445 e. The topological polar surface area (TPSA) is 45.7 Å². The Morgan fingerprint density at radius 1 is 1.14 bits per heavy atom. The van der Waals surface area contributed by atoms with Crippen molar-refractivity contribution in [2.45, 2.75) is 65.3 Å². The van der Waals surface area contributed by atoms with Gasteiger partial charge >= 0.3 is 6.09 Å². The van der Waals surface area contributed by atoms with Crippen molar-refractivity contribution in [3.63, 3.8) is 0 Å². The maximum absolute atomic E-state index is 12.6. The molecule has 0 saturated carbocycles. The van der Waals surface area contributed by atoms with E-state index >= 15 is 0 Å². The van der Waals surface area contributed by atoms with Crippen LogP contribution < -0.4 is 4.90 Å². The maximum Gasteiger partial charge on any atom is 0.410 e. The predicted molar refractivity (Wildman–Crippen MR) is 112 cm³/mol. The van der Waals surface area contributed by atoms with Gasteiger partial charge in [0.2, 0.25) is 0 Å². The standard InChI is InChI=1S/C23H31N3O2/c1-17(2)26(18(3)4)22-13-12-20(15-24-22)21-11-8-14-25(21)23(27)28-16-19-9-6-5-7-10-19/h5-7,9-10,12-13,15,17-18,21H,8,11,14,16H2,1-4H3/t21-/m0/s1. The van der Waals surface area contributed by atoms with Gasteiger partial charge in [-0.05, 0) is 57.7 Å². The van der Waals surface area contributed by atoms with Crippen LogP contribution in [0.25, 0.3) is 0 Å². The SMILES string of the molecule is CC(C)N(c1ccc([C@@H]2CCCN2C(=O)OCc2ccccc2)cn1)C(C)C. The lowest BCUT2D eigenvalue weighted by Crippen LogP contribution is -2.37. The molecule has 1 aromatic heterocycles. The number of carbonyl (C=O) groups is 1. The van der Waals surface area contributed by atoms with E-state index in [0.717, 1.165) is 36.3 Å². The molecule has 1 saturated heterocycles. The Kier molecular flexibility index (Phi) is 6.55. The van der Waals surface area contributed by atoms with Crippen molar-refractivity contribution < 1.29 is 9.53 Å². The number of hydrogen-bond donors (Lipinski definition) is 0. The quantitative estimate of drug-likeness (QED) is 0.692. The molecule has 150 valence electrons. The van der Waals surface area contributed by atoms with Crippen LogP contribution in [0, 0.1) is 0 Å². The van der Waals surface area contributed by atoms with Crippen LogP contribution in [0.3, 0.4) is 0 Å². The van der Waals surface area contributed by atoms with E-state index in [9.17, 15) is 4.79 Å². The average Bonchev–Trinajstić information content (AvgIpc) is 3.17. The lowest BCUT2D eigenvalue weighted by molar-refractivity contribution is 0.0920. The summed E-state index contributed by atoms with van der Waals surface area (Å²) < 4.78 is 5.55. The van der Waals surface area contributed by atoms with Crippen LogP contribution in [-0.4, -0.2) is 34.6 Å². The van der Waals surface area contributed by atoms with Gasteiger partial charge in [0.1, 0.15) is 12.4 Å². The van der Waals surface area contributed by atoms with Crippen LogP contribution in [0.1, 0.15) is 57.7 Å². The molecule has 0 bridgehead atoms. The van der Waals surface area contributed by atoms with Gasteiger partial charge < -0.3 is 14.5 Å². The summed E-state index contributed by atoms with van der Waals surface area (Å²) in [6, 6.07) is 14.8. The molecule has 1 aliphatic heterocycles. The van der Waals surface area contributed by atoms with Crippen LogP contribution in [0.15, 0.2) is 48.7 Å².